The Hall–Kier alpha value is -2.48. The number of halogens is 2. The van der Waals surface area contributed by atoms with Crippen LogP contribution in [0.2, 0.25) is 0 Å². The van der Waals surface area contributed by atoms with Crippen LogP contribution in [0.15, 0.2) is 35.5 Å². The molecule has 0 aliphatic heterocycles. The summed E-state index contributed by atoms with van der Waals surface area (Å²) in [5, 5.41) is 9.56. The minimum atomic E-state index is -1.46. The number of hydrogen-bond acceptors (Lipinski definition) is 5. The Bertz CT molecular complexity index is 988. The maximum absolute atomic E-state index is 15.0. The summed E-state index contributed by atoms with van der Waals surface area (Å²) in [6.45, 7) is 5.10. The van der Waals surface area contributed by atoms with Crippen LogP contribution in [0.3, 0.4) is 0 Å². The molecule has 8 heteroatoms. The Morgan fingerprint density at radius 2 is 2.00 bits per heavy atom. The van der Waals surface area contributed by atoms with E-state index in [1.165, 1.54) is 17.6 Å². The molecule has 1 atom stereocenters. The first kappa shape index (κ1) is 19.3. The summed E-state index contributed by atoms with van der Waals surface area (Å²) in [7, 11) is 0. The van der Waals surface area contributed by atoms with Crippen LogP contribution in [0.25, 0.3) is 16.5 Å². The number of hydrogen-bond donors (Lipinski definition) is 0. The van der Waals surface area contributed by atoms with Gasteiger partial charge in [0.1, 0.15) is 5.82 Å². The van der Waals surface area contributed by atoms with Crippen molar-refractivity contribution >= 4 is 28.5 Å². The van der Waals surface area contributed by atoms with Crippen LogP contribution in [0.1, 0.15) is 31.4 Å². The maximum Gasteiger partial charge on any atom is 0.316 e. The Kier molecular flexibility index (Phi) is 5.74. The normalized spacial score (nSPS) is 12.3. The van der Waals surface area contributed by atoms with Crippen LogP contribution in [0.5, 0.6) is 0 Å². The lowest BCUT2D eigenvalue weighted by molar-refractivity contribution is -0.139. The summed E-state index contributed by atoms with van der Waals surface area (Å²) in [5.74, 6) is -0.987. The number of alkyl halides is 1. The van der Waals surface area contributed by atoms with E-state index in [0.717, 1.165) is 22.7 Å². The van der Waals surface area contributed by atoms with Gasteiger partial charge in [0.15, 0.2) is 17.2 Å². The van der Waals surface area contributed by atoms with Gasteiger partial charge in [0.2, 0.25) is 0 Å². The molecule has 27 heavy (non-hydrogen) atoms. The first-order valence-corrected chi connectivity index (χ1v) is 9.48. The fourth-order valence-corrected chi connectivity index (χ4v) is 3.64. The van der Waals surface area contributed by atoms with E-state index in [0.29, 0.717) is 5.39 Å². The van der Waals surface area contributed by atoms with E-state index in [1.54, 1.807) is 19.1 Å². The van der Waals surface area contributed by atoms with Gasteiger partial charge in [0.25, 0.3) is 0 Å². The molecule has 0 fully saturated rings. The molecule has 0 saturated heterocycles. The number of carbonyl (C=O) groups excluding carboxylic acids is 1. The molecule has 0 N–H and O–H groups in total. The molecule has 0 saturated carbocycles. The second kappa shape index (κ2) is 8.04. The molecule has 5 nitrogen and oxygen atoms in total. The zero-order valence-corrected chi connectivity index (χ0v) is 16.0. The van der Waals surface area contributed by atoms with Gasteiger partial charge in [-0.3, -0.25) is 9.36 Å². The number of carbonyl (C=O) groups is 1. The molecule has 0 aliphatic rings. The van der Waals surface area contributed by atoms with Crippen molar-refractivity contribution in [3.8, 4) is 5.69 Å². The average molecular weight is 391 g/mol. The minimum absolute atomic E-state index is 0.0192. The van der Waals surface area contributed by atoms with Crippen LogP contribution < -0.4 is 0 Å². The summed E-state index contributed by atoms with van der Waals surface area (Å²) in [6.07, 6.45) is -1.46. The Morgan fingerprint density at radius 1 is 1.30 bits per heavy atom. The lowest BCUT2D eigenvalue weighted by atomic mass is 10.0. The van der Waals surface area contributed by atoms with E-state index in [-0.39, 0.29) is 29.0 Å². The predicted molar refractivity (Wildman–Crippen MR) is 100 cm³/mol. The van der Waals surface area contributed by atoms with Gasteiger partial charge in [-0.05, 0) is 37.8 Å². The van der Waals surface area contributed by atoms with E-state index in [2.05, 4.69) is 10.2 Å². The molecule has 0 bridgehead atoms. The van der Waals surface area contributed by atoms with Crippen LogP contribution in [0, 0.1) is 12.7 Å². The first-order valence-electron chi connectivity index (χ1n) is 8.50. The van der Waals surface area contributed by atoms with Gasteiger partial charge < -0.3 is 4.74 Å². The number of thioether (sulfide) groups is 1. The zero-order valence-electron chi connectivity index (χ0n) is 15.2. The van der Waals surface area contributed by atoms with Gasteiger partial charge in [-0.15, -0.1) is 10.2 Å². The number of benzene rings is 2. The van der Waals surface area contributed by atoms with Crippen molar-refractivity contribution < 1.29 is 18.3 Å². The molecular formula is C19H19F2N3O2S. The van der Waals surface area contributed by atoms with Crippen molar-refractivity contribution in [3.63, 3.8) is 0 Å². The number of rotatable bonds is 6. The van der Waals surface area contributed by atoms with Crippen molar-refractivity contribution in [2.45, 2.75) is 32.1 Å². The van der Waals surface area contributed by atoms with Gasteiger partial charge >= 0.3 is 5.97 Å². The van der Waals surface area contributed by atoms with E-state index in [4.69, 9.17) is 4.74 Å². The molecule has 1 heterocycles. The summed E-state index contributed by atoms with van der Waals surface area (Å²) < 4.78 is 35.4. The Labute approximate surface area is 159 Å². The number of esters is 1. The van der Waals surface area contributed by atoms with E-state index in [1.807, 2.05) is 19.1 Å². The topological polar surface area (TPSA) is 57.0 Å². The molecule has 0 amide bonds. The number of aryl methyl sites for hydroxylation is 1. The highest BCUT2D eigenvalue weighted by Gasteiger charge is 2.24. The van der Waals surface area contributed by atoms with E-state index in [9.17, 15) is 13.6 Å². The number of ether oxygens (including phenoxy) is 1. The second-order valence-electron chi connectivity index (χ2n) is 5.96. The Morgan fingerprint density at radius 3 is 2.67 bits per heavy atom. The van der Waals surface area contributed by atoms with Crippen molar-refractivity contribution in [2.75, 3.05) is 12.4 Å². The van der Waals surface area contributed by atoms with Crippen molar-refractivity contribution in [1.29, 1.82) is 0 Å². The molecule has 0 spiro atoms. The molecule has 2 aromatic carbocycles. The van der Waals surface area contributed by atoms with Gasteiger partial charge in [-0.25, -0.2) is 8.78 Å². The summed E-state index contributed by atoms with van der Waals surface area (Å²) >= 11 is 1.03. The Balaban J connectivity index is 2.17. The number of nitrogens with zero attached hydrogens (tertiary/aromatic N) is 3. The molecule has 0 aliphatic carbocycles. The third-order valence-corrected chi connectivity index (χ3v) is 4.94. The number of fused-ring (bicyclic) bond motifs is 1. The predicted octanol–water partition coefficient (Wildman–Crippen LogP) is 4.55. The van der Waals surface area contributed by atoms with Gasteiger partial charge in [-0.2, -0.15) is 0 Å². The second-order valence-corrected chi connectivity index (χ2v) is 6.90. The van der Waals surface area contributed by atoms with Gasteiger partial charge in [-0.1, -0.05) is 36.0 Å². The van der Waals surface area contributed by atoms with Crippen molar-refractivity contribution in [3.05, 3.63) is 47.5 Å². The maximum atomic E-state index is 15.0. The largest absolute Gasteiger partial charge is 0.465 e. The highest BCUT2D eigenvalue weighted by molar-refractivity contribution is 7.99. The summed E-state index contributed by atoms with van der Waals surface area (Å²) in [6, 6.07) is 8.70. The van der Waals surface area contributed by atoms with Gasteiger partial charge in [0, 0.05) is 5.39 Å². The fraction of sp³-hybridized carbons (Fsp3) is 0.316. The van der Waals surface area contributed by atoms with Crippen LogP contribution >= 0.6 is 11.8 Å². The molecular weight excluding hydrogens is 372 g/mol. The SMILES string of the molecule is CCOC(=O)CSc1nnc(C(C)F)n1-c1c(F)cc(C)c2ccccc12. The van der Waals surface area contributed by atoms with Crippen LogP contribution in [-0.4, -0.2) is 33.1 Å². The zero-order chi connectivity index (χ0) is 19.6. The molecule has 1 unspecified atom stereocenters. The smallest absolute Gasteiger partial charge is 0.316 e. The monoisotopic (exact) mass is 391 g/mol. The molecule has 142 valence electrons. The summed E-state index contributed by atoms with van der Waals surface area (Å²) in [5.41, 5.74) is 0.947. The highest BCUT2D eigenvalue weighted by atomic mass is 32.2. The summed E-state index contributed by atoms with van der Waals surface area (Å²) in [4.78, 5) is 11.7. The van der Waals surface area contributed by atoms with Crippen molar-refractivity contribution in [2.24, 2.45) is 0 Å². The average Bonchev–Trinajstić information content (AvgIpc) is 3.04. The molecule has 3 rings (SSSR count). The molecule has 3 aromatic rings. The quantitative estimate of drug-likeness (QED) is 0.456. The lowest BCUT2D eigenvalue weighted by Crippen LogP contribution is -2.10. The highest BCUT2D eigenvalue weighted by Crippen LogP contribution is 2.34. The minimum Gasteiger partial charge on any atom is -0.465 e. The van der Waals surface area contributed by atoms with Crippen LogP contribution in [-0.2, 0) is 9.53 Å². The van der Waals surface area contributed by atoms with Crippen LogP contribution in [0.4, 0.5) is 8.78 Å². The molecule has 1 aromatic heterocycles. The molecule has 0 radical (unpaired) electrons. The van der Waals surface area contributed by atoms with Crippen molar-refractivity contribution in [1.82, 2.24) is 14.8 Å². The fourth-order valence-electron chi connectivity index (χ4n) is 2.89. The number of aromatic nitrogens is 3. The van der Waals surface area contributed by atoms with E-state index >= 15 is 0 Å². The third kappa shape index (κ3) is 3.80. The third-order valence-electron chi connectivity index (χ3n) is 4.04. The van der Waals surface area contributed by atoms with Gasteiger partial charge in [0.05, 0.1) is 18.0 Å². The lowest BCUT2D eigenvalue weighted by Gasteiger charge is -2.15. The first-order chi connectivity index (χ1) is 12.9. The standard InChI is InChI=1S/C19H19F2N3O2S/c1-4-26-16(25)10-27-19-23-22-18(12(3)20)24(19)17-14-8-6-5-7-13(14)11(2)9-15(17)21/h5-9,12H,4,10H2,1-3H3. The van der Waals surface area contributed by atoms with E-state index < -0.39 is 18.0 Å².